The normalized spacial score (nSPS) is 31.2. The van der Waals surface area contributed by atoms with Gasteiger partial charge in [0, 0.05) is 18.1 Å². The lowest BCUT2D eigenvalue weighted by Crippen LogP contribution is -2.41. The second-order valence-corrected chi connectivity index (χ2v) is 7.38. The third-order valence-electron chi connectivity index (χ3n) is 5.74. The SMILES string of the molecule is CCCCCCCCC[C@@H]1CC[C@@H]2CCCC[C@H](C)N12. The molecular formula is C19H37N. The maximum atomic E-state index is 2.93. The van der Waals surface area contributed by atoms with Gasteiger partial charge in [-0.15, -0.1) is 0 Å². The summed E-state index contributed by atoms with van der Waals surface area (Å²) >= 11 is 0. The van der Waals surface area contributed by atoms with Crippen molar-refractivity contribution in [2.45, 2.75) is 122 Å². The Hall–Kier alpha value is -0.0400. The molecule has 2 rings (SSSR count). The summed E-state index contributed by atoms with van der Waals surface area (Å²) in [6.07, 6.45) is 20.5. The van der Waals surface area contributed by atoms with Gasteiger partial charge in [-0.1, -0.05) is 64.7 Å². The summed E-state index contributed by atoms with van der Waals surface area (Å²) in [5, 5.41) is 0. The van der Waals surface area contributed by atoms with Gasteiger partial charge in [0.1, 0.15) is 0 Å². The average Bonchev–Trinajstić information content (AvgIpc) is 2.76. The first-order valence-corrected chi connectivity index (χ1v) is 9.60. The van der Waals surface area contributed by atoms with E-state index in [0.29, 0.717) is 0 Å². The highest BCUT2D eigenvalue weighted by Gasteiger charge is 2.36. The number of fused-ring (bicyclic) bond motifs is 1. The van der Waals surface area contributed by atoms with Gasteiger partial charge >= 0.3 is 0 Å². The first-order valence-electron chi connectivity index (χ1n) is 9.60. The molecule has 118 valence electrons. The first-order chi connectivity index (χ1) is 9.83. The second kappa shape index (κ2) is 9.07. The predicted octanol–water partition coefficient (Wildman–Crippen LogP) is 5.92. The maximum absolute atomic E-state index is 2.93. The highest BCUT2D eigenvalue weighted by molar-refractivity contribution is 4.92. The van der Waals surface area contributed by atoms with Gasteiger partial charge < -0.3 is 0 Å². The van der Waals surface area contributed by atoms with Crippen LogP contribution in [0, 0.1) is 0 Å². The molecule has 0 amide bonds. The summed E-state index contributed by atoms with van der Waals surface area (Å²) in [5.41, 5.74) is 0. The van der Waals surface area contributed by atoms with Gasteiger partial charge in [-0.25, -0.2) is 0 Å². The third-order valence-corrected chi connectivity index (χ3v) is 5.74. The fourth-order valence-corrected chi connectivity index (χ4v) is 4.59. The molecule has 1 heteroatoms. The monoisotopic (exact) mass is 279 g/mol. The van der Waals surface area contributed by atoms with Crippen LogP contribution in [0.5, 0.6) is 0 Å². The van der Waals surface area contributed by atoms with Crippen molar-refractivity contribution in [2.24, 2.45) is 0 Å². The molecule has 0 aromatic carbocycles. The van der Waals surface area contributed by atoms with E-state index in [-0.39, 0.29) is 0 Å². The average molecular weight is 280 g/mol. The van der Waals surface area contributed by atoms with E-state index < -0.39 is 0 Å². The van der Waals surface area contributed by atoms with Crippen LogP contribution in [-0.4, -0.2) is 23.0 Å². The van der Waals surface area contributed by atoms with Crippen molar-refractivity contribution in [3.8, 4) is 0 Å². The Bertz CT molecular complexity index is 250. The van der Waals surface area contributed by atoms with E-state index in [9.17, 15) is 0 Å². The van der Waals surface area contributed by atoms with E-state index >= 15 is 0 Å². The van der Waals surface area contributed by atoms with Crippen LogP contribution in [0.2, 0.25) is 0 Å². The fourth-order valence-electron chi connectivity index (χ4n) is 4.59. The first kappa shape index (κ1) is 16.3. The van der Waals surface area contributed by atoms with Crippen molar-refractivity contribution in [2.75, 3.05) is 0 Å². The lowest BCUT2D eigenvalue weighted by atomic mass is 10.0. The van der Waals surface area contributed by atoms with E-state index in [0.717, 1.165) is 18.1 Å². The minimum Gasteiger partial charge on any atom is -0.295 e. The van der Waals surface area contributed by atoms with E-state index in [2.05, 4.69) is 18.7 Å². The molecule has 2 aliphatic heterocycles. The Labute approximate surface area is 127 Å². The molecular weight excluding hydrogens is 242 g/mol. The predicted molar refractivity (Wildman–Crippen MR) is 89.2 cm³/mol. The van der Waals surface area contributed by atoms with Crippen LogP contribution in [0.15, 0.2) is 0 Å². The molecule has 0 spiro atoms. The molecule has 0 aliphatic carbocycles. The molecule has 0 aromatic rings. The minimum absolute atomic E-state index is 0.861. The Morgan fingerprint density at radius 3 is 2.30 bits per heavy atom. The largest absolute Gasteiger partial charge is 0.295 e. The molecule has 2 saturated heterocycles. The van der Waals surface area contributed by atoms with Gasteiger partial charge in [0.05, 0.1) is 0 Å². The van der Waals surface area contributed by atoms with Crippen molar-refractivity contribution >= 4 is 0 Å². The summed E-state index contributed by atoms with van der Waals surface area (Å²) in [6, 6.07) is 2.74. The van der Waals surface area contributed by atoms with E-state index in [1.807, 2.05) is 0 Å². The van der Waals surface area contributed by atoms with Gasteiger partial charge in [0.25, 0.3) is 0 Å². The molecule has 2 fully saturated rings. The van der Waals surface area contributed by atoms with Crippen molar-refractivity contribution in [1.29, 1.82) is 0 Å². The van der Waals surface area contributed by atoms with Crippen LogP contribution in [0.1, 0.15) is 104 Å². The van der Waals surface area contributed by atoms with Crippen molar-refractivity contribution in [3.05, 3.63) is 0 Å². The van der Waals surface area contributed by atoms with Crippen LogP contribution in [0.25, 0.3) is 0 Å². The Morgan fingerprint density at radius 1 is 0.800 bits per heavy atom. The molecule has 2 aliphatic rings. The highest BCUT2D eigenvalue weighted by atomic mass is 15.2. The summed E-state index contributed by atoms with van der Waals surface area (Å²) in [5.74, 6) is 0. The number of rotatable bonds is 8. The molecule has 0 radical (unpaired) electrons. The fraction of sp³-hybridized carbons (Fsp3) is 1.00. The van der Waals surface area contributed by atoms with E-state index in [4.69, 9.17) is 0 Å². The number of hydrogen-bond acceptors (Lipinski definition) is 1. The lowest BCUT2D eigenvalue weighted by molar-refractivity contribution is 0.132. The smallest absolute Gasteiger partial charge is 0.0102 e. The van der Waals surface area contributed by atoms with Crippen molar-refractivity contribution in [1.82, 2.24) is 4.90 Å². The van der Waals surface area contributed by atoms with Crippen molar-refractivity contribution in [3.63, 3.8) is 0 Å². The summed E-state index contributed by atoms with van der Waals surface area (Å²) < 4.78 is 0. The molecule has 0 aromatic heterocycles. The topological polar surface area (TPSA) is 3.24 Å². The Balaban J connectivity index is 1.63. The molecule has 3 atom stereocenters. The van der Waals surface area contributed by atoms with Crippen LogP contribution in [0.4, 0.5) is 0 Å². The van der Waals surface area contributed by atoms with Crippen molar-refractivity contribution < 1.29 is 0 Å². The van der Waals surface area contributed by atoms with Gasteiger partial charge in [0.2, 0.25) is 0 Å². The second-order valence-electron chi connectivity index (χ2n) is 7.38. The van der Waals surface area contributed by atoms with Crippen LogP contribution < -0.4 is 0 Å². The summed E-state index contributed by atoms with van der Waals surface area (Å²) in [6.45, 7) is 4.79. The zero-order valence-corrected chi connectivity index (χ0v) is 14.1. The molecule has 2 heterocycles. The molecule has 0 unspecified atom stereocenters. The standard InChI is InChI=1S/C19H37N/c1-3-4-5-6-7-8-9-13-18-15-16-19-14-11-10-12-17(2)20(18)19/h17-19H,3-16H2,1-2H3/t17-,18+,19-/m0/s1. The zero-order valence-electron chi connectivity index (χ0n) is 14.1. The van der Waals surface area contributed by atoms with Crippen LogP contribution in [-0.2, 0) is 0 Å². The molecule has 0 saturated carbocycles. The van der Waals surface area contributed by atoms with Gasteiger partial charge in [-0.3, -0.25) is 4.90 Å². The van der Waals surface area contributed by atoms with E-state index in [1.165, 1.54) is 89.9 Å². The van der Waals surface area contributed by atoms with E-state index in [1.54, 1.807) is 0 Å². The van der Waals surface area contributed by atoms with Gasteiger partial charge in [-0.2, -0.15) is 0 Å². The Kier molecular flexibility index (Phi) is 7.41. The summed E-state index contributed by atoms with van der Waals surface area (Å²) in [4.78, 5) is 2.93. The van der Waals surface area contributed by atoms with Crippen LogP contribution in [0.3, 0.4) is 0 Å². The molecule has 1 nitrogen and oxygen atoms in total. The van der Waals surface area contributed by atoms with Gasteiger partial charge in [-0.05, 0) is 39.0 Å². The summed E-state index contributed by atoms with van der Waals surface area (Å²) in [7, 11) is 0. The minimum atomic E-state index is 0.861. The quantitative estimate of drug-likeness (QED) is 0.498. The maximum Gasteiger partial charge on any atom is 0.0102 e. The molecule has 0 bridgehead atoms. The van der Waals surface area contributed by atoms with Crippen LogP contribution >= 0.6 is 0 Å². The van der Waals surface area contributed by atoms with Gasteiger partial charge in [0.15, 0.2) is 0 Å². The highest BCUT2D eigenvalue weighted by Crippen LogP contribution is 2.36. The zero-order chi connectivity index (χ0) is 14.2. The lowest BCUT2D eigenvalue weighted by Gasteiger charge is -2.34. The number of nitrogens with zero attached hydrogens (tertiary/aromatic N) is 1. The number of unbranched alkanes of at least 4 members (excludes halogenated alkanes) is 6. The Morgan fingerprint density at radius 2 is 1.50 bits per heavy atom. The molecule has 0 N–H and O–H groups in total. The third kappa shape index (κ3) is 4.76. The molecule has 20 heavy (non-hydrogen) atoms. The number of hydrogen-bond donors (Lipinski definition) is 0.